The van der Waals surface area contributed by atoms with Crippen LogP contribution in [0.5, 0.6) is 0 Å². The summed E-state index contributed by atoms with van der Waals surface area (Å²) in [5, 5.41) is 9.20. The number of aliphatic hydroxyl groups excluding tert-OH is 1. The van der Waals surface area contributed by atoms with Gasteiger partial charge in [0, 0.05) is 5.57 Å². The molecule has 0 saturated heterocycles. The summed E-state index contributed by atoms with van der Waals surface area (Å²) in [6, 6.07) is 0. The van der Waals surface area contributed by atoms with E-state index < -0.39 is 18.0 Å². The molecule has 5 nitrogen and oxygen atoms in total. The van der Waals surface area contributed by atoms with Crippen LogP contribution in [0.15, 0.2) is 12.2 Å². The maximum absolute atomic E-state index is 10.9. The summed E-state index contributed by atoms with van der Waals surface area (Å²) >= 11 is 5.15. The molecule has 6 heteroatoms. The van der Waals surface area contributed by atoms with Crippen LogP contribution in [0.4, 0.5) is 0 Å². The van der Waals surface area contributed by atoms with Crippen molar-refractivity contribution in [2.24, 2.45) is 0 Å². The summed E-state index contributed by atoms with van der Waals surface area (Å²) in [6.07, 6.45) is -1.06. The van der Waals surface area contributed by atoms with Crippen molar-refractivity contribution in [2.75, 3.05) is 19.1 Å². The number of esters is 2. The van der Waals surface area contributed by atoms with Crippen molar-refractivity contribution in [1.82, 2.24) is 0 Å². The van der Waals surface area contributed by atoms with Crippen LogP contribution in [0.2, 0.25) is 0 Å². The summed E-state index contributed by atoms with van der Waals surface area (Å²) in [7, 11) is 0. The lowest BCUT2D eigenvalue weighted by molar-refractivity contribution is -0.148. The first kappa shape index (κ1) is 13.9. The molecule has 0 aliphatic carbocycles. The molecule has 0 aliphatic heterocycles. The molecular weight excluding hydrogens is 224 g/mol. The molecular formula is C9H13ClO5. The van der Waals surface area contributed by atoms with Crippen molar-refractivity contribution in [3.8, 4) is 0 Å². The summed E-state index contributed by atoms with van der Waals surface area (Å²) in [4.78, 5) is 21.5. The number of alkyl halides is 1. The monoisotopic (exact) mass is 236 g/mol. The second-order valence-corrected chi connectivity index (χ2v) is 3.12. The fourth-order valence-corrected chi connectivity index (χ4v) is 0.648. The second kappa shape index (κ2) is 7.25. The lowest BCUT2D eigenvalue weighted by atomic mass is 10.3. The van der Waals surface area contributed by atoms with E-state index in [1.165, 1.54) is 6.92 Å². The average molecular weight is 237 g/mol. The zero-order valence-corrected chi connectivity index (χ0v) is 9.12. The van der Waals surface area contributed by atoms with Gasteiger partial charge in [0.2, 0.25) is 0 Å². The zero-order chi connectivity index (χ0) is 11.8. The van der Waals surface area contributed by atoms with Crippen LogP contribution in [0.1, 0.15) is 6.92 Å². The average Bonchev–Trinajstić information content (AvgIpc) is 2.21. The SMILES string of the molecule is C=C(C)C(=O)OCC(O)COC(=O)CCl. The Labute approximate surface area is 92.6 Å². The van der Waals surface area contributed by atoms with Crippen molar-refractivity contribution < 1.29 is 24.2 Å². The van der Waals surface area contributed by atoms with Crippen LogP contribution in [0.25, 0.3) is 0 Å². The van der Waals surface area contributed by atoms with Crippen molar-refractivity contribution >= 4 is 23.5 Å². The van der Waals surface area contributed by atoms with Gasteiger partial charge in [-0.05, 0) is 6.92 Å². The Balaban J connectivity index is 3.66. The van der Waals surface area contributed by atoms with Gasteiger partial charge in [0.25, 0.3) is 0 Å². The van der Waals surface area contributed by atoms with Gasteiger partial charge < -0.3 is 14.6 Å². The molecule has 0 aromatic carbocycles. The Hall–Kier alpha value is -1.07. The Morgan fingerprint density at radius 2 is 1.93 bits per heavy atom. The van der Waals surface area contributed by atoms with E-state index in [9.17, 15) is 14.7 Å². The zero-order valence-electron chi connectivity index (χ0n) is 8.36. The highest BCUT2D eigenvalue weighted by atomic mass is 35.5. The molecule has 0 bridgehead atoms. The molecule has 0 aromatic rings. The fourth-order valence-electron chi connectivity index (χ4n) is 0.571. The molecule has 1 N–H and O–H groups in total. The van der Waals surface area contributed by atoms with Crippen LogP contribution in [0.3, 0.4) is 0 Å². The highest BCUT2D eigenvalue weighted by molar-refractivity contribution is 6.26. The second-order valence-electron chi connectivity index (χ2n) is 2.85. The number of carbonyl (C=O) groups is 2. The van der Waals surface area contributed by atoms with Crippen LogP contribution >= 0.6 is 11.6 Å². The van der Waals surface area contributed by atoms with E-state index in [2.05, 4.69) is 16.1 Å². The first-order valence-corrected chi connectivity index (χ1v) is 4.73. The Morgan fingerprint density at radius 1 is 1.40 bits per heavy atom. The van der Waals surface area contributed by atoms with E-state index in [1.807, 2.05) is 0 Å². The van der Waals surface area contributed by atoms with Gasteiger partial charge in [0.05, 0.1) is 0 Å². The number of ether oxygens (including phenoxy) is 2. The molecule has 0 aliphatic rings. The predicted octanol–water partition coefficient (Wildman–Crippen LogP) is 0.249. The van der Waals surface area contributed by atoms with Crippen molar-refractivity contribution in [3.05, 3.63) is 12.2 Å². The Bertz CT molecular complexity index is 251. The van der Waals surface area contributed by atoms with Crippen LogP contribution in [-0.2, 0) is 19.1 Å². The van der Waals surface area contributed by atoms with Gasteiger partial charge in [-0.25, -0.2) is 4.79 Å². The number of carbonyl (C=O) groups excluding carboxylic acids is 2. The van der Waals surface area contributed by atoms with Gasteiger partial charge in [0.1, 0.15) is 25.2 Å². The highest BCUT2D eigenvalue weighted by Gasteiger charge is 2.11. The highest BCUT2D eigenvalue weighted by Crippen LogP contribution is 1.95. The van der Waals surface area contributed by atoms with E-state index in [-0.39, 0.29) is 24.7 Å². The summed E-state index contributed by atoms with van der Waals surface area (Å²) in [5.41, 5.74) is 0.236. The largest absolute Gasteiger partial charge is 0.462 e. The normalized spacial score (nSPS) is 11.7. The number of rotatable bonds is 6. The third-order valence-corrected chi connectivity index (χ3v) is 1.52. The summed E-state index contributed by atoms with van der Waals surface area (Å²) < 4.78 is 9.13. The van der Waals surface area contributed by atoms with Gasteiger partial charge in [0.15, 0.2) is 0 Å². The maximum Gasteiger partial charge on any atom is 0.333 e. The molecule has 0 fully saturated rings. The molecule has 15 heavy (non-hydrogen) atoms. The molecule has 0 rings (SSSR count). The third-order valence-electron chi connectivity index (χ3n) is 1.30. The lowest BCUT2D eigenvalue weighted by Crippen LogP contribution is -2.25. The van der Waals surface area contributed by atoms with Gasteiger partial charge in [-0.1, -0.05) is 6.58 Å². The molecule has 1 atom stereocenters. The first-order chi connectivity index (χ1) is 6.97. The molecule has 0 radical (unpaired) electrons. The quantitative estimate of drug-likeness (QED) is 0.407. The van der Waals surface area contributed by atoms with E-state index in [1.54, 1.807) is 0 Å². The Morgan fingerprint density at radius 3 is 2.40 bits per heavy atom. The van der Waals surface area contributed by atoms with E-state index in [0.29, 0.717) is 0 Å². The third kappa shape index (κ3) is 6.93. The van der Waals surface area contributed by atoms with E-state index >= 15 is 0 Å². The molecule has 86 valence electrons. The topological polar surface area (TPSA) is 72.8 Å². The molecule has 0 heterocycles. The van der Waals surface area contributed by atoms with Gasteiger partial charge in [-0.2, -0.15) is 0 Å². The smallest absolute Gasteiger partial charge is 0.333 e. The van der Waals surface area contributed by atoms with Crippen molar-refractivity contribution in [2.45, 2.75) is 13.0 Å². The molecule has 0 saturated carbocycles. The molecule has 0 spiro atoms. The number of halogens is 1. The number of aliphatic hydroxyl groups is 1. The van der Waals surface area contributed by atoms with Crippen LogP contribution in [0, 0.1) is 0 Å². The molecule has 0 amide bonds. The standard InChI is InChI=1S/C9H13ClO5/c1-6(2)9(13)15-5-7(11)4-14-8(12)3-10/h7,11H,1,3-5H2,2H3. The van der Waals surface area contributed by atoms with Crippen LogP contribution < -0.4 is 0 Å². The molecule has 0 aromatic heterocycles. The summed E-state index contributed by atoms with van der Waals surface area (Å²) in [5.74, 6) is -1.52. The minimum Gasteiger partial charge on any atom is -0.462 e. The minimum absolute atomic E-state index is 0.236. The minimum atomic E-state index is -1.06. The van der Waals surface area contributed by atoms with Gasteiger partial charge in [-0.3, -0.25) is 4.79 Å². The van der Waals surface area contributed by atoms with Crippen LogP contribution in [-0.4, -0.2) is 42.2 Å². The predicted molar refractivity (Wildman–Crippen MR) is 53.5 cm³/mol. The van der Waals surface area contributed by atoms with Crippen molar-refractivity contribution in [3.63, 3.8) is 0 Å². The maximum atomic E-state index is 10.9. The Kier molecular flexibility index (Phi) is 6.73. The summed E-state index contributed by atoms with van der Waals surface area (Å²) in [6.45, 7) is 4.35. The number of hydrogen-bond acceptors (Lipinski definition) is 5. The fraction of sp³-hybridized carbons (Fsp3) is 0.556. The lowest BCUT2D eigenvalue weighted by Gasteiger charge is -2.11. The van der Waals surface area contributed by atoms with Gasteiger partial charge >= 0.3 is 11.9 Å². The first-order valence-electron chi connectivity index (χ1n) is 4.19. The van der Waals surface area contributed by atoms with Crippen molar-refractivity contribution in [1.29, 1.82) is 0 Å². The van der Waals surface area contributed by atoms with Gasteiger partial charge in [-0.15, -0.1) is 11.6 Å². The number of hydrogen-bond donors (Lipinski definition) is 1. The van der Waals surface area contributed by atoms with E-state index in [0.717, 1.165) is 0 Å². The molecule has 1 unspecified atom stereocenters. The van der Waals surface area contributed by atoms with E-state index in [4.69, 9.17) is 11.6 Å².